The van der Waals surface area contributed by atoms with Crippen molar-refractivity contribution in [3.63, 3.8) is 0 Å². The molecule has 13 heteroatoms. The van der Waals surface area contributed by atoms with E-state index >= 15 is 0 Å². The summed E-state index contributed by atoms with van der Waals surface area (Å²) in [5.74, 6) is 1.02. The first-order valence-electron chi connectivity index (χ1n) is 17.4. The number of aromatic nitrogens is 3. The molecule has 1 atom stereocenters. The second-order valence-corrected chi connectivity index (χ2v) is 14.1. The highest BCUT2D eigenvalue weighted by Crippen LogP contribution is 2.38. The van der Waals surface area contributed by atoms with Gasteiger partial charge in [-0.3, -0.25) is 24.3 Å². The van der Waals surface area contributed by atoms with Crippen LogP contribution in [-0.2, 0) is 18.4 Å². The van der Waals surface area contributed by atoms with Crippen molar-refractivity contribution in [1.82, 2.24) is 29.2 Å². The van der Waals surface area contributed by atoms with Gasteiger partial charge in [0.1, 0.15) is 28.1 Å². The third-order valence-corrected chi connectivity index (χ3v) is 10.8. The molecular weight excluding hydrogens is 691 g/mol. The van der Waals surface area contributed by atoms with E-state index in [1.54, 1.807) is 60.8 Å². The van der Waals surface area contributed by atoms with Crippen LogP contribution in [0.1, 0.15) is 45.4 Å². The Morgan fingerprint density at radius 2 is 1.74 bits per heavy atom. The average molecular weight is 730 g/mol. The van der Waals surface area contributed by atoms with Gasteiger partial charge in [0.2, 0.25) is 0 Å². The van der Waals surface area contributed by atoms with E-state index in [9.17, 15) is 19.6 Å². The zero-order valence-corrected chi connectivity index (χ0v) is 30.6. The highest BCUT2D eigenvalue weighted by atomic mass is 32.1. The topological polar surface area (TPSA) is 134 Å². The molecule has 5 aromatic rings. The molecule has 12 nitrogen and oxygen atoms in total. The number of ether oxygens (including phenoxy) is 2. The van der Waals surface area contributed by atoms with Gasteiger partial charge in [0.15, 0.2) is 0 Å². The summed E-state index contributed by atoms with van der Waals surface area (Å²) in [5, 5.41) is 13.5. The monoisotopic (exact) mass is 729 g/mol. The number of pyridine rings is 2. The Balaban J connectivity index is 1.01. The molecule has 0 radical (unpaired) electrons. The van der Waals surface area contributed by atoms with Gasteiger partial charge in [-0.15, -0.1) is 11.3 Å². The Kier molecular flexibility index (Phi) is 10.3. The van der Waals surface area contributed by atoms with Crippen LogP contribution in [-0.4, -0.2) is 88.0 Å². The number of rotatable bonds is 9. The molecule has 7 rings (SSSR count). The fourth-order valence-electron chi connectivity index (χ4n) is 7.28. The number of likely N-dealkylation sites (tertiary alicyclic amines) is 1. The third kappa shape index (κ3) is 7.16. The van der Waals surface area contributed by atoms with Crippen molar-refractivity contribution in [3.05, 3.63) is 110 Å². The van der Waals surface area contributed by atoms with Crippen molar-refractivity contribution >= 4 is 40.0 Å². The number of carbonyl (C=O) groups is 2. The first-order valence-corrected chi connectivity index (χ1v) is 18.3. The van der Waals surface area contributed by atoms with Gasteiger partial charge in [-0.05, 0) is 65.8 Å². The van der Waals surface area contributed by atoms with E-state index in [0.717, 1.165) is 40.5 Å². The molecule has 2 saturated heterocycles. The standard InChI is InChI=1S/C40H39N7O5S/c1-44-24-32(30-10-11-42-23-31(30)40(44)50)28-19-35(51-2)33(36(20-28)52-3)25-45-14-16-46(17-15-45)38(48)27-8-6-26(7-9-27)34-5-4-13-47(34)39(49)29(22-41)21-37-43-12-18-53-37/h6-12,18-21,23-24,34H,4-5,13-17,25H2,1-3H3. The van der Waals surface area contributed by atoms with Gasteiger partial charge < -0.3 is 23.8 Å². The number of fused-ring (bicyclic) bond motifs is 1. The number of aryl methyl sites for hydroxylation is 1. The summed E-state index contributed by atoms with van der Waals surface area (Å²) < 4.78 is 13.3. The maximum atomic E-state index is 13.6. The molecule has 270 valence electrons. The highest BCUT2D eigenvalue weighted by molar-refractivity contribution is 7.10. The first kappa shape index (κ1) is 35.6. The molecule has 0 N–H and O–H groups in total. The number of hydrogen-bond donors (Lipinski definition) is 0. The fraction of sp³-hybridized carbons (Fsp3) is 0.300. The summed E-state index contributed by atoms with van der Waals surface area (Å²) in [5.41, 5.74) is 4.13. The summed E-state index contributed by atoms with van der Waals surface area (Å²) in [6.45, 7) is 3.61. The Hall–Kier alpha value is -5.84. The van der Waals surface area contributed by atoms with Crippen molar-refractivity contribution in [3.8, 4) is 28.7 Å². The Morgan fingerprint density at radius 1 is 1.00 bits per heavy atom. The van der Waals surface area contributed by atoms with Crippen LogP contribution < -0.4 is 15.0 Å². The third-order valence-electron chi connectivity index (χ3n) is 10.1. The second kappa shape index (κ2) is 15.4. The second-order valence-electron chi connectivity index (χ2n) is 13.1. The molecule has 2 aliphatic heterocycles. The minimum Gasteiger partial charge on any atom is -0.496 e. The maximum absolute atomic E-state index is 13.6. The van der Waals surface area contributed by atoms with Crippen LogP contribution in [0.25, 0.3) is 28.0 Å². The van der Waals surface area contributed by atoms with Gasteiger partial charge in [0.05, 0.1) is 31.2 Å². The molecular formula is C40H39N7O5S. The molecule has 0 bridgehead atoms. The van der Waals surface area contributed by atoms with Crippen molar-refractivity contribution in [2.24, 2.45) is 7.05 Å². The summed E-state index contributed by atoms with van der Waals surface area (Å²) >= 11 is 1.38. The van der Waals surface area contributed by atoms with Gasteiger partial charge in [-0.25, -0.2) is 4.98 Å². The number of carbonyl (C=O) groups excluding carboxylic acids is 2. The van der Waals surface area contributed by atoms with Gasteiger partial charge in [-0.1, -0.05) is 12.1 Å². The van der Waals surface area contributed by atoms with Crippen LogP contribution in [0.3, 0.4) is 0 Å². The Morgan fingerprint density at radius 3 is 2.40 bits per heavy atom. The van der Waals surface area contributed by atoms with E-state index < -0.39 is 0 Å². The van der Waals surface area contributed by atoms with Gasteiger partial charge in [-0.2, -0.15) is 5.26 Å². The molecule has 2 aliphatic rings. The van der Waals surface area contributed by atoms with Gasteiger partial charge in [0, 0.05) is 87.6 Å². The van der Waals surface area contributed by atoms with Gasteiger partial charge >= 0.3 is 0 Å². The first-order chi connectivity index (χ1) is 25.8. The van der Waals surface area contributed by atoms with Crippen LogP contribution in [0.15, 0.2) is 83.0 Å². The lowest BCUT2D eigenvalue weighted by Crippen LogP contribution is -2.48. The predicted molar refractivity (Wildman–Crippen MR) is 203 cm³/mol. The van der Waals surface area contributed by atoms with Crippen molar-refractivity contribution in [1.29, 1.82) is 5.26 Å². The summed E-state index contributed by atoms with van der Waals surface area (Å²) in [6.07, 6.45) is 9.91. The summed E-state index contributed by atoms with van der Waals surface area (Å²) in [7, 11) is 5.01. The molecule has 2 fully saturated rings. The van der Waals surface area contributed by atoms with E-state index in [1.165, 1.54) is 11.3 Å². The number of nitrogens with zero attached hydrogens (tertiary/aromatic N) is 7. The quantitative estimate of drug-likeness (QED) is 0.146. The molecule has 0 spiro atoms. The maximum Gasteiger partial charge on any atom is 0.265 e. The van der Waals surface area contributed by atoms with Crippen LogP contribution >= 0.6 is 11.3 Å². The number of thiazole rings is 1. The molecule has 0 aliphatic carbocycles. The fourth-order valence-corrected chi connectivity index (χ4v) is 7.85. The van der Waals surface area contributed by atoms with E-state index in [-0.39, 0.29) is 29.0 Å². The van der Waals surface area contributed by atoms with Crippen LogP contribution in [0.2, 0.25) is 0 Å². The van der Waals surface area contributed by atoms with E-state index in [1.807, 2.05) is 53.6 Å². The predicted octanol–water partition coefficient (Wildman–Crippen LogP) is 5.30. The molecule has 3 aromatic heterocycles. The van der Waals surface area contributed by atoms with Crippen LogP contribution in [0.4, 0.5) is 0 Å². The number of methoxy groups -OCH3 is 2. The number of amides is 2. The smallest absolute Gasteiger partial charge is 0.265 e. The van der Waals surface area contributed by atoms with Crippen molar-refractivity contribution in [2.75, 3.05) is 46.9 Å². The Bertz CT molecular complexity index is 2260. The minimum atomic E-state index is -0.301. The van der Waals surface area contributed by atoms with Crippen molar-refractivity contribution in [2.45, 2.75) is 25.4 Å². The number of nitriles is 1. The molecule has 2 aromatic carbocycles. The summed E-state index contributed by atoms with van der Waals surface area (Å²) in [4.78, 5) is 53.9. The lowest BCUT2D eigenvalue weighted by Gasteiger charge is -2.35. The molecule has 53 heavy (non-hydrogen) atoms. The average Bonchev–Trinajstić information content (AvgIpc) is 3.91. The highest BCUT2D eigenvalue weighted by Gasteiger charge is 2.32. The molecule has 5 heterocycles. The van der Waals surface area contributed by atoms with Gasteiger partial charge in [0.25, 0.3) is 17.4 Å². The minimum absolute atomic E-state index is 0.0343. The van der Waals surface area contributed by atoms with Crippen molar-refractivity contribution < 1.29 is 19.1 Å². The lowest BCUT2D eigenvalue weighted by molar-refractivity contribution is -0.127. The zero-order valence-electron chi connectivity index (χ0n) is 29.8. The SMILES string of the molecule is COc1cc(-c2cn(C)c(=O)c3cnccc23)cc(OC)c1CN1CCN(C(=O)c2ccc(C3CCCN3C(=O)C(C#N)=Cc3nccs3)cc2)CC1. The van der Waals surface area contributed by atoms with Crippen LogP contribution in [0.5, 0.6) is 11.5 Å². The van der Waals surface area contributed by atoms with Crippen LogP contribution in [0, 0.1) is 11.3 Å². The number of hydrogen-bond acceptors (Lipinski definition) is 10. The lowest BCUT2D eigenvalue weighted by atomic mass is 9.98. The van der Waals surface area contributed by atoms with E-state index in [4.69, 9.17) is 9.47 Å². The summed E-state index contributed by atoms with van der Waals surface area (Å²) in [6, 6.07) is 15.2. The molecule has 0 saturated carbocycles. The normalized spacial score (nSPS) is 16.5. The Labute approximate surface area is 311 Å². The number of benzene rings is 2. The largest absolute Gasteiger partial charge is 0.496 e. The van der Waals surface area contributed by atoms with E-state index in [0.29, 0.717) is 66.7 Å². The molecule has 1 unspecified atom stereocenters. The van der Waals surface area contributed by atoms with E-state index in [2.05, 4.69) is 20.9 Å². The molecule has 2 amide bonds. The zero-order chi connectivity index (χ0) is 37.1. The number of piperazine rings is 1.